The molecule has 1 fully saturated rings. The molecule has 3 nitrogen and oxygen atoms in total. The van der Waals surface area contributed by atoms with Crippen LogP contribution in [0.25, 0.3) is 0 Å². The number of nitrogens with one attached hydrogen (secondary N) is 1. The molecule has 0 amide bonds. The molecule has 0 aromatic heterocycles. The highest BCUT2D eigenvalue weighted by Gasteiger charge is 2.27. The van der Waals surface area contributed by atoms with Crippen molar-refractivity contribution in [3.8, 4) is 5.75 Å². The van der Waals surface area contributed by atoms with Gasteiger partial charge in [-0.3, -0.25) is 0 Å². The summed E-state index contributed by atoms with van der Waals surface area (Å²) >= 11 is 11.9. The predicted molar refractivity (Wildman–Crippen MR) is 70.9 cm³/mol. The number of aromatic hydroxyl groups is 1. The van der Waals surface area contributed by atoms with E-state index in [1.165, 1.54) is 6.07 Å². The largest absolute Gasteiger partial charge is 0.508 e. The Kier molecular flexibility index (Phi) is 4.15. The molecule has 0 aliphatic carbocycles. The third-order valence-corrected chi connectivity index (χ3v) is 4.10. The van der Waals surface area contributed by atoms with Crippen molar-refractivity contribution in [3.63, 3.8) is 0 Å². The topological polar surface area (TPSA) is 58.3 Å². The van der Waals surface area contributed by atoms with E-state index in [1.807, 2.05) is 0 Å². The second-order valence-electron chi connectivity index (χ2n) is 4.42. The molecule has 1 aromatic carbocycles. The minimum absolute atomic E-state index is 0.213. The molecule has 1 heterocycles. The van der Waals surface area contributed by atoms with E-state index in [1.54, 1.807) is 6.07 Å². The van der Waals surface area contributed by atoms with Crippen molar-refractivity contribution in [1.29, 1.82) is 0 Å². The van der Waals surface area contributed by atoms with Gasteiger partial charge in [-0.2, -0.15) is 0 Å². The Balaban J connectivity index is 2.34. The minimum Gasteiger partial charge on any atom is -0.508 e. The van der Waals surface area contributed by atoms with Crippen LogP contribution in [0.2, 0.25) is 10.0 Å². The number of rotatable bonds is 2. The molecule has 1 aliphatic rings. The van der Waals surface area contributed by atoms with E-state index in [4.69, 9.17) is 28.9 Å². The molecule has 0 bridgehead atoms. The van der Waals surface area contributed by atoms with E-state index in [2.05, 4.69) is 5.32 Å². The van der Waals surface area contributed by atoms with E-state index >= 15 is 0 Å². The van der Waals surface area contributed by atoms with Crippen molar-refractivity contribution in [1.82, 2.24) is 5.32 Å². The third-order valence-electron chi connectivity index (χ3n) is 3.38. The number of benzene rings is 1. The summed E-state index contributed by atoms with van der Waals surface area (Å²) in [4.78, 5) is 0. The van der Waals surface area contributed by atoms with Crippen molar-refractivity contribution >= 4 is 23.2 Å². The first-order valence-electron chi connectivity index (χ1n) is 5.72. The summed E-state index contributed by atoms with van der Waals surface area (Å²) in [6.07, 6.45) is 0.952. The monoisotopic (exact) mass is 274 g/mol. The van der Waals surface area contributed by atoms with E-state index in [0.29, 0.717) is 22.5 Å². The lowest BCUT2D eigenvalue weighted by atomic mass is 9.81. The zero-order chi connectivity index (χ0) is 12.4. The number of halogens is 2. The highest BCUT2D eigenvalue weighted by molar-refractivity contribution is 6.42. The van der Waals surface area contributed by atoms with Gasteiger partial charge in [0.05, 0.1) is 10.0 Å². The number of hydrogen-bond acceptors (Lipinski definition) is 3. The van der Waals surface area contributed by atoms with Crippen LogP contribution in [0.5, 0.6) is 5.75 Å². The second kappa shape index (κ2) is 5.44. The fourth-order valence-corrected chi connectivity index (χ4v) is 2.76. The Morgan fingerprint density at radius 1 is 1.35 bits per heavy atom. The summed E-state index contributed by atoms with van der Waals surface area (Å²) in [5, 5.41) is 14.1. The van der Waals surface area contributed by atoms with E-state index in [-0.39, 0.29) is 11.7 Å². The molecule has 1 saturated heterocycles. The van der Waals surface area contributed by atoms with Crippen molar-refractivity contribution in [2.45, 2.75) is 12.3 Å². The summed E-state index contributed by atoms with van der Waals surface area (Å²) in [7, 11) is 0. The summed E-state index contributed by atoms with van der Waals surface area (Å²) in [6, 6.07) is 3.27. The maximum absolute atomic E-state index is 9.98. The lowest BCUT2D eigenvalue weighted by Crippen LogP contribution is -2.39. The minimum atomic E-state index is 0.213. The van der Waals surface area contributed by atoms with Gasteiger partial charge in [-0.05, 0) is 49.5 Å². The predicted octanol–water partition coefficient (Wildman–Crippen LogP) is 2.35. The Hall–Kier alpha value is -0.480. The Bertz CT molecular complexity index is 412. The third kappa shape index (κ3) is 2.68. The highest BCUT2D eigenvalue weighted by atomic mass is 35.5. The first-order chi connectivity index (χ1) is 8.13. The Morgan fingerprint density at radius 3 is 2.76 bits per heavy atom. The van der Waals surface area contributed by atoms with Gasteiger partial charge in [0.2, 0.25) is 0 Å². The maximum Gasteiger partial charge on any atom is 0.120 e. The van der Waals surface area contributed by atoms with Gasteiger partial charge < -0.3 is 16.2 Å². The number of phenolic OH excluding ortho intramolecular Hbond substituents is 1. The van der Waals surface area contributed by atoms with Gasteiger partial charge in [0.1, 0.15) is 5.75 Å². The van der Waals surface area contributed by atoms with E-state index in [9.17, 15) is 5.11 Å². The van der Waals surface area contributed by atoms with Crippen LogP contribution in [0, 0.1) is 5.92 Å². The van der Waals surface area contributed by atoms with Crippen molar-refractivity contribution < 1.29 is 5.11 Å². The number of piperidine rings is 1. The lowest BCUT2D eigenvalue weighted by molar-refractivity contribution is 0.324. The highest BCUT2D eigenvalue weighted by Crippen LogP contribution is 2.39. The summed E-state index contributed by atoms with van der Waals surface area (Å²) in [6.45, 7) is 2.40. The van der Waals surface area contributed by atoms with Crippen molar-refractivity contribution in [3.05, 3.63) is 27.7 Å². The normalized spacial score (nSPS) is 24.9. The molecule has 94 valence electrons. The van der Waals surface area contributed by atoms with Crippen LogP contribution in [0.1, 0.15) is 17.9 Å². The fraction of sp³-hybridized carbons (Fsp3) is 0.500. The smallest absolute Gasteiger partial charge is 0.120 e. The molecule has 2 atom stereocenters. The van der Waals surface area contributed by atoms with Gasteiger partial charge >= 0.3 is 0 Å². The van der Waals surface area contributed by atoms with Crippen LogP contribution in [0.15, 0.2) is 12.1 Å². The molecule has 1 aromatic rings. The average Bonchev–Trinajstić information content (AvgIpc) is 2.34. The number of nitrogens with two attached hydrogens (primary N) is 1. The molecule has 1 aliphatic heterocycles. The quantitative estimate of drug-likeness (QED) is 0.776. The first-order valence-corrected chi connectivity index (χ1v) is 6.47. The molecule has 0 unspecified atom stereocenters. The molecule has 17 heavy (non-hydrogen) atoms. The molecule has 4 N–H and O–H groups in total. The molecule has 5 heteroatoms. The second-order valence-corrected chi connectivity index (χ2v) is 5.23. The maximum atomic E-state index is 9.98. The lowest BCUT2D eigenvalue weighted by Gasteiger charge is -2.32. The van der Waals surface area contributed by atoms with Gasteiger partial charge in [-0.1, -0.05) is 23.2 Å². The zero-order valence-corrected chi connectivity index (χ0v) is 10.9. The molecule has 0 saturated carbocycles. The van der Waals surface area contributed by atoms with Gasteiger partial charge in [-0.15, -0.1) is 0 Å². The van der Waals surface area contributed by atoms with Crippen LogP contribution in [-0.2, 0) is 0 Å². The van der Waals surface area contributed by atoms with Crippen molar-refractivity contribution in [2.75, 3.05) is 19.6 Å². The van der Waals surface area contributed by atoms with E-state index < -0.39 is 0 Å². The number of phenols is 1. The van der Waals surface area contributed by atoms with Gasteiger partial charge in [0.25, 0.3) is 0 Å². The Labute approximate surface area is 111 Å². The van der Waals surface area contributed by atoms with Crippen molar-refractivity contribution in [2.24, 2.45) is 11.7 Å². The standard InChI is InChI=1S/C12H16Cl2N2O/c13-10-3-9(12(17)4-11(10)14)8-1-2-16-6-7(8)5-15/h3-4,7-8,16-17H,1-2,5-6,15H2/t7-,8-/m1/s1. The van der Waals surface area contributed by atoms with Gasteiger partial charge in [-0.25, -0.2) is 0 Å². The van der Waals surface area contributed by atoms with E-state index in [0.717, 1.165) is 25.1 Å². The van der Waals surface area contributed by atoms with Crippen LogP contribution >= 0.6 is 23.2 Å². The van der Waals surface area contributed by atoms with Crippen LogP contribution < -0.4 is 11.1 Å². The van der Waals surface area contributed by atoms with Crippen LogP contribution in [0.3, 0.4) is 0 Å². The zero-order valence-electron chi connectivity index (χ0n) is 9.42. The summed E-state index contributed by atoms with van der Waals surface area (Å²) in [5.74, 6) is 0.785. The Morgan fingerprint density at radius 2 is 2.06 bits per heavy atom. The molecule has 0 radical (unpaired) electrons. The van der Waals surface area contributed by atoms with Gasteiger partial charge in [0, 0.05) is 6.07 Å². The SMILES string of the molecule is NC[C@@H]1CNCC[C@H]1c1cc(Cl)c(Cl)cc1O. The number of hydrogen-bond donors (Lipinski definition) is 3. The van der Waals surface area contributed by atoms with Gasteiger partial charge in [0.15, 0.2) is 0 Å². The van der Waals surface area contributed by atoms with Crippen LogP contribution in [0.4, 0.5) is 0 Å². The first kappa shape index (κ1) is 13.0. The summed E-state index contributed by atoms with van der Waals surface area (Å²) in [5.41, 5.74) is 6.63. The molecular weight excluding hydrogens is 259 g/mol. The fourth-order valence-electron chi connectivity index (χ4n) is 2.43. The molecular formula is C12H16Cl2N2O. The summed E-state index contributed by atoms with van der Waals surface area (Å²) < 4.78 is 0. The molecule has 0 spiro atoms. The molecule has 2 rings (SSSR count). The van der Waals surface area contributed by atoms with Crippen LogP contribution in [-0.4, -0.2) is 24.7 Å². The average molecular weight is 275 g/mol.